The molecule has 3 aromatic rings. The molecule has 0 aliphatic carbocycles. The predicted molar refractivity (Wildman–Crippen MR) is 102 cm³/mol. The molecule has 1 atom stereocenters. The van der Waals surface area contributed by atoms with Gasteiger partial charge in [0, 0.05) is 57.0 Å². The molecule has 0 saturated heterocycles. The van der Waals surface area contributed by atoms with Crippen LogP contribution in [0.2, 0.25) is 0 Å². The maximum Gasteiger partial charge on any atom is 0.190 e. The van der Waals surface area contributed by atoms with Crippen molar-refractivity contribution in [2.75, 3.05) is 17.7 Å². The molecule has 0 N–H and O–H groups in total. The Balaban J connectivity index is 1.90. The van der Waals surface area contributed by atoms with Crippen LogP contribution in [0.25, 0.3) is 11.3 Å². The molecule has 0 fully saturated rings. The minimum Gasteiger partial charge on any atom is -0.318 e. The van der Waals surface area contributed by atoms with Crippen molar-refractivity contribution in [3.8, 4) is 11.3 Å². The van der Waals surface area contributed by atoms with E-state index in [1.165, 1.54) is 0 Å². The van der Waals surface area contributed by atoms with Crippen LogP contribution in [0, 0.1) is 6.92 Å². The number of anilines is 2. The molecule has 1 aromatic carbocycles. The zero-order valence-corrected chi connectivity index (χ0v) is 15.5. The van der Waals surface area contributed by atoms with E-state index in [1.54, 1.807) is 17.6 Å². The van der Waals surface area contributed by atoms with Crippen LogP contribution < -0.4 is 4.90 Å². The van der Waals surface area contributed by atoms with Gasteiger partial charge in [0.1, 0.15) is 0 Å². The molecule has 2 aromatic heterocycles. The van der Waals surface area contributed by atoms with Crippen molar-refractivity contribution in [1.29, 1.82) is 0 Å². The molecule has 0 bridgehead atoms. The normalized spacial score (nSPS) is 12.1. The summed E-state index contributed by atoms with van der Waals surface area (Å²) in [5.41, 5.74) is 4.08. The summed E-state index contributed by atoms with van der Waals surface area (Å²) in [7, 11) is -0.957. The Labute approximate surface area is 148 Å². The highest BCUT2D eigenvalue weighted by atomic mass is 32.2. The summed E-state index contributed by atoms with van der Waals surface area (Å²) in [5, 5.41) is 3.02. The number of thiazole rings is 1. The third-order valence-corrected chi connectivity index (χ3v) is 5.51. The molecular weight excluding hydrogens is 338 g/mol. The lowest BCUT2D eigenvalue weighted by molar-refractivity contribution is 0.687. The Bertz CT molecular complexity index is 859. The predicted octanol–water partition coefficient (Wildman–Crippen LogP) is 4.41. The molecule has 0 radical (unpaired) electrons. The van der Waals surface area contributed by atoms with E-state index >= 15 is 0 Å². The third kappa shape index (κ3) is 3.55. The van der Waals surface area contributed by atoms with Gasteiger partial charge < -0.3 is 4.90 Å². The first-order valence-corrected chi connectivity index (χ1v) is 10.1. The first-order valence-electron chi connectivity index (χ1n) is 7.68. The highest BCUT2D eigenvalue weighted by molar-refractivity contribution is 7.84. The van der Waals surface area contributed by atoms with Crippen LogP contribution in [0.15, 0.2) is 52.9 Å². The third-order valence-electron chi connectivity index (χ3n) is 3.71. The summed E-state index contributed by atoms with van der Waals surface area (Å²) in [6.45, 7) is 4.90. The van der Waals surface area contributed by atoms with E-state index < -0.39 is 10.8 Å². The summed E-state index contributed by atoms with van der Waals surface area (Å²) in [4.78, 5) is 12.0. The van der Waals surface area contributed by atoms with Gasteiger partial charge in [0.15, 0.2) is 5.13 Å². The Kier molecular flexibility index (Phi) is 5.06. The van der Waals surface area contributed by atoms with Crippen molar-refractivity contribution in [2.45, 2.75) is 18.7 Å². The van der Waals surface area contributed by atoms with Crippen LogP contribution in [0.1, 0.15) is 12.6 Å². The van der Waals surface area contributed by atoms with Crippen molar-refractivity contribution in [2.24, 2.45) is 0 Å². The topological polar surface area (TPSA) is 46.1 Å². The highest BCUT2D eigenvalue weighted by Gasteiger charge is 2.13. The van der Waals surface area contributed by atoms with Gasteiger partial charge >= 0.3 is 0 Å². The van der Waals surface area contributed by atoms with Crippen molar-refractivity contribution in [3.05, 3.63) is 53.7 Å². The number of hydrogen-bond acceptors (Lipinski definition) is 5. The SMILES string of the molecule is CCN(c1ccc(S(C)=O)cc1)c1nc(-c2ccnc(C)c2)cs1. The van der Waals surface area contributed by atoms with E-state index in [9.17, 15) is 4.21 Å². The molecule has 0 amide bonds. The summed E-state index contributed by atoms with van der Waals surface area (Å²) in [5.74, 6) is 0. The Hall–Kier alpha value is -2.05. The molecule has 2 heterocycles. The zero-order chi connectivity index (χ0) is 17.1. The van der Waals surface area contributed by atoms with Crippen molar-refractivity contribution < 1.29 is 4.21 Å². The molecule has 0 aliphatic heterocycles. The Morgan fingerprint density at radius 2 is 1.96 bits per heavy atom. The quantitative estimate of drug-likeness (QED) is 0.678. The molecule has 0 spiro atoms. The maximum absolute atomic E-state index is 11.5. The maximum atomic E-state index is 11.5. The van der Waals surface area contributed by atoms with E-state index in [1.807, 2.05) is 49.5 Å². The van der Waals surface area contributed by atoms with Gasteiger partial charge in [-0.25, -0.2) is 4.98 Å². The van der Waals surface area contributed by atoms with Gasteiger partial charge in [0.05, 0.1) is 5.69 Å². The van der Waals surface area contributed by atoms with Crippen LogP contribution >= 0.6 is 11.3 Å². The molecule has 124 valence electrons. The molecule has 6 heteroatoms. The van der Waals surface area contributed by atoms with E-state index in [0.717, 1.165) is 39.2 Å². The van der Waals surface area contributed by atoms with E-state index in [2.05, 4.69) is 22.2 Å². The molecule has 3 rings (SSSR count). The van der Waals surface area contributed by atoms with Crippen LogP contribution in [-0.4, -0.2) is 27.0 Å². The first-order chi connectivity index (χ1) is 11.6. The van der Waals surface area contributed by atoms with Gasteiger partial charge in [0.2, 0.25) is 0 Å². The number of hydrogen-bond donors (Lipinski definition) is 0. The molecular formula is C18H19N3OS2. The summed E-state index contributed by atoms with van der Waals surface area (Å²) in [6.07, 6.45) is 3.50. The minimum absolute atomic E-state index is 0.816. The smallest absolute Gasteiger partial charge is 0.190 e. The molecule has 0 aliphatic rings. The van der Waals surface area contributed by atoms with Gasteiger partial charge in [-0.05, 0) is 50.2 Å². The second kappa shape index (κ2) is 7.23. The van der Waals surface area contributed by atoms with Gasteiger partial charge in [-0.3, -0.25) is 9.19 Å². The van der Waals surface area contributed by atoms with Gasteiger partial charge in [-0.2, -0.15) is 0 Å². The lowest BCUT2D eigenvalue weighted by Crippen LogP contribution is -2.15. The first kappa shape index (κ1) is 16.8. The standard InChI is InChI=1S/C18H19N3OS2/c1-4-21(15-5-7-16(8-6-15)24(3)22)18-20-17(12-23-18)14-9-10-19-13(2)11-14/h5-12H,4H2,1-3H3. The lowest BCUT2D eigenvalue weighted by Gasteiger charge is -2.20. The number of rotatable bonds is 5. The van der Waals surface area contributed by atoms with E-state index in [0.29, 0.717) is 0 Å². The average Bonchev–Trinajstić information content (AvgIpc) is 3.06. The van der Waals surface area contributed by atoms with Crippen molar-refractivity contribution in [1.82, 2.24) is 9.97 Å². The monoisotopic (exact) mass is 357 g/mol. The second-order valence-electron chi connectivity index (χ2n) is 5.39. The van der Waals surface area contributed by atoms with Crippen LogP contribution in [0.3, 0.4) is 0 Å². The fraction of sp³-hybridized carbons (Fsp3) is 0.222. The van der Waals surface area contributed by atoms with E-state index in [4.69, 9.17) is 4.98 Å². The van der Waals surface area contributed by atoms with Crippen LogP contribution in [0.5, 0.6) is 0 Å². The number of benzene rings is 1. The molecule has 1 unspecified atom stereocenters. The zero-order valence-electron chi connectivity index (χ0n) is 13.9. The van der Waals surface area contributed by atoms with Crippen molar-refractivity contribution >= 4 is 33.0 Å². The fourth-order valence-corrected chi connectivity index (χ4v) is 3.91. The Morgan fingerprint density at radius 3 is 2.58 bits per heavy atom. The van der Waals surface area contributed by atoms with Gasteiger partial charge in [0.25, 0.3) is 0 Å². The second-order valence-corrected chi connectivity index (χ2v) is 7.61. The largest absolute Gasteiger partial charge is 0.318 e. The lowest BCUT2D eigenvalue weighted by atomic mass is 10.2. The fourth-order valence-electron chi connectivity index (χ4n) is 2.47. The number of pyridine rings is 1. The van der Waals surface area contributed by atoms with Gasteiger partial charge in [-0.15, -0.1) is 11.3 Å². The van der Waals surface area contributed by atoms with E-state index in [-0.39, 0.29) is 0 Å². The highest BCUT2D eigenvalue weighted by Crippen LogP contribution is 2.32. The van der Waals surface area contributed by atoms with Crippen molar-refractivity contribution in [3.63, 3.8) is 0 Å². The minimum atomic E-state index is -0.957. The average molecular weight is 358 g/mol. The van der Waals surface area contributed by atoms with Gasteiger partial charge in [-0.1, -0.05) is 0 Å². The van der Waals surface area contributed by atoms with Crippen LogP contribution in [0.4, 0.5) is 10.8 Å². The summed E-state index contributed by atoms with van der Waals surface area (Å²) >= 11 is 1.62. The molecule has 4 nitrogen and oxygen atoms in total. The summed E-state index contributed by atoms with van der Waals surface area (Å²) < 4.78 is 11.5. The number of nitrogens with zero attached hydrogens (tertiary/aromatic N) is 3. The number of aromatic nitrogens is 2. The Morgan fingerprint density at radius 1 is 1.21 bits per heavy atom. The molecule has 0 saturated carbocycles. The number of aryl methyl sites for hydroxylation is 1. The molecule has 24 heavy (non-hydrogen) atoms. The summed E-state index contributed by atoms with van der Waals surface area (Å²) in [6, 6.07) is 11.8. The van der Waals surface area contributed by atoms with Crippen LogP contribution in [-0.2, 0) is 10.8 Å².